The van der Waals surface area contributed by atoms with Crippen LogP contribution in [0.15, 0.2) is 54.6 Å². The molecule has 4 nitrogen and oxygen atoms in total. The summed E-state index contributed by atoms with van der Waals surface area (Å²) in [6.45, 7) is 5.41. The van der Waals surface area contributed by atoms with Crippen LogP contribution in [0.1, 0.15) is 55.6 Å². The standard InChI is InChI=1S/C28H33FN2O2/c1-19(15-26(32)24-16-23(24)20-5-3-2-4-6-20)18-31-13-11-28(12-14-31)25(17-30-27(28)33)21-7-9-22(29)10-8-21/h2-10,19,23-25H,11-18H2,1H3,(H,30,33)/t19-,23+,24?,25-/m1/s1. The minimum Gasteiger partial charge on any atom is -0.355 e. The van der Waals surface area contributed by atoms with Gasteiger partial charge in [-0.1, -0.05) is 49.4 Å². The summed E-state index contributed by atoms with van der Waals surface area (Å²) < 4.78 is 13.4. The van der Waals surface area contributed by atoms with Crippen molar-refractivity contribution in [3.63, 3.8) is 0 Å². The number of hydrogen-bond acceptors (Lipinski definition) is 3. The van der Waals surface area contributed by atoms with Gasteiger partial charge in [-0.2, -0.15) is 0 Å². The van der Waals surface area contributed by atoms with Crippen LogP contribution in [0.25, 0.3) is 0 Å². The number of hydrogen-bond donors (Lipinski definition) is 1. The molecule has 174 valence electrons. The summed E-state index contributed by atoms with van der Waals surface area (Å²) in [5.74, 6) is 1.30. The van der Waals surface area contributed by atoms with Gasteiger partial charge in [0.2, 0.25) is 5.91 Å². The van der Waals surface area contributed by atoms with Crippen molar-refractivity contribution in [3.05, 3.63) is 71.5 Å². The lowest BCUT2D eigenvalue weighted by atomic mass is 9.68. The quantitative estimate of drug-likeness (QED) is 0.678. The zero-order valence-electron chi connectivity index (χ0n) is 19.3. The minimum atomic E-state index is -0.399. The molecule has 3 fully saturated rings. The number of Topliss-reactive ketones (excluding diaryl/α,β-unsaturated/α-hetero) is 1. The van der Waals surface area contributed by atoms with Crippen LogP contribution in [0.2, 0.25) is 0 Å². The van der Waals surface area contributed by atoms with Gasteiger partial charge in [0.1, 0.15) is 11.6 Å². The Morgan fingerprint density at radius 2 is 1.79 bits per heavy atom. The Balaban J connectivity index is 1.14. The third-order valence-electron chi connectivity index (χ3n) is 8.16. The Hall–Kier alpha value is -2.53. The molecule has 33 heavy (non-hydrogen) atoms. The van der Waals surface area contributed by atoms with E-state index in [0.717, 1.165) is 44.5 Å². The molecule has 0 radical (unpaired) electrons. The number of nitrogens with one attached hydrogen (secondary N) is 1. The number of benzene rings is 2. The largest absolute Gasteiger partial charge is 0.355 e. The molecule has 2 heterocycles. The number of amides is 1. The van der Waals surface area contributed by atoms with E-state index >= 15 is 0 Å². The molecule has 0 bridgehead atoms. The smallest absolute Gasteiger partial charge is 0.227 e. The number of likely N-dealkylation sites (tertiary alicyclic amines) is 1. The number of piperidine rings is 1. The first-order chi connectivity index (χ1) is 16.0. The van der Waals surface area contributed by atoms with E-state index in [0.29, 0.717) is 30.6 Å². The average Bonchev–Trinajstić information content (AvgIpc) is 3.57. The van der Waals surface area contributed by atoms with Crippen LogP contribution in [-0.2, 0) is 9.59 Å². The molecule has 4 atom stereocenters. The number of carbonyl (C=O) groups is 2. The SMILES string of the molecule is C[C@H](CC(=O)C1C[C@H]1c1ccccc1)CN1CCC2(CC1)C(=O)NC[C@@H]2c1ccc(F)cc1. The van der Waals surface area contributed by atoms with Gasteiger partial charge in [0, 0.05) is 31.3 Å². The average molecular weight is 449 g/mol. The number of halogens is 1. The fraction of sp³-hybridized carbons (Fsp3) is 0.500. The van der Waals surface area contributed by atoms with Gasteiger partial charge in [-0.15, -0.1) is 0 Å². The first-order valence-electron chi connectivity index (χ1n) is 12.3. The first kappa shape index (κ1) is 22.3. The van der Waals surface area contributed by atoms with Gasteiger partial charge >= 0.3 is 0 Å². The second-order valence-corrected chi connectivity index (χ2v) is 10.4. The Morgan fingerprint density at radius 3 is 2.48 bits per heavy atom. The van der Waals surface area contributed by atoms with E-state index in [1.807, 2.05) is 30.3 Å². The molecular formula is C28H33FN2O2. The molecular weight excluding hydrogens is 415 g/mol. The first-order valence-corrected chi connectivity index (χ1v) is 12.3. The van der Waals surface area contributed by atoms with Crippen molar-refractivity contribution < 1.29 is 14.0 Å². The third kappa shape index (κ3) is 4.48. The van der Waals surface area contributed by atoms with Gasteiger partial charge in [-0.3, -0.25) is 9.59 Å². The van der Waals surface area contributed by atoms with Crippen LogP contribution in [-0.4, -0.2) is 42.8 Å². The highest BCUT2D eigenvalue weighted by molar-refractivity contribution is 5.87. The zero-order valence-corrected chi connectivity index (χ0v) is 19.3. The van der Waals surface area contributed by atoms with Gasteiger partial charge in [-0.05, 0) is 67.4 Å². The van der Waals surface area contributed by atoms with Crippen LogP contribution in [0, 0.1) is 23.1 Å². The molecule has 5 rings (SSSR count). The molecule has 5 heteroatoms. The van der Waals surface area contributed by atoms with Crippen molar-refractivity contribution in [2.75, 3.05) is 26.2 Å². The van der Waals surface area contributed by atoms with Gasteiger partial charge in [0.15, 0.2) is 0 Å². The summed E-state index contributed by atoms with van der Waals surface area (Å²) in [6, 6.07) is 17.0. The van der Waals surface area contributed by atoms with Crippen molar-refractivity contribution in [3.8, 4) is 0 Å². The summed E-state index contributed by atoms with van der Waals surface area (Å²) in [4.78, 5) is 28.1. The Bertz CT molecular complexity index is 998. The molecule has 2 saturated heterocycles. The van der Waals surface area contributed by atoms with Crippen LogP contribution < -0.4 is 5.32 Å². The monoisotopic (exact) mass is 448 g/mol. The number of rotatable bonds is 7. The van der Waals surface area contributed by atoms with E-state index in [4.69, 9.17) is 0 Å². The number of nitrogens with zero attached hydrogens (tertiary/aromatic N) is 1. The van der Waals surface area contributed by atoms with Crippen LogP contribution in [0.3, 0.4) is 0 Å². The summed E-state index contributed by atoms with van der Waals surface area (Å²) in [5.41, 5.74) is 1.93. The van der Waals surface area contributed by atoms with Crippen LogP contribution >= 0.6 is 0 Å². The van der Waals surface area contributed by atoms with Crippen molar-refractivity contribution in [1.29, 1.82) is 0 Å². The van der Waals surface area contributed by atoms with E-state index in [1.54, 1.807) is 0 Å². The van der Waals surface area contributed by atoms with Crippen molar-refractivity contribution >= 4 is 11.7 Å². The molecule has 3 aliphatic rings. The lowest BCUT2D eigenvalue weighted by Crippen LogP contribution is -2.47. The lowest BCUT2D eigenvalue weighted by Gasteiger charge is -2.41. The number of ketones is 1. The van der Waals surface area contributed by atoms with Crippen LogP contribution in [0.5, 0.6) is 0 Å². The van der Waals surface area contributed by atoms with Gasteiger partial charge in [0.05, 0.1) is 5.41 Å². The van der Waals surface area contributed by atoms with E-state index in [-0.39, 0.29) is 23.6 Å². The van der Waals surface area contributed by atoms with E-state index in [9.17, 15) is 14.0 Å². The molecule has 2 aromatic carbocycles. The predicted octanol–water partition coefficient (Wildman–Crippen LogP) is 4.52. The second-order valence-electron chi connectivity index (χ2n) is 10.4. The number of carbonyl (C=O) groups excluding carboxylic acids is 2. The molecule has 1 unspecified atom stereocenters. The second kappa shape index (κ2) is 9.02. The fourth-order valence-corrected chi connectivity index (χ4v) is 6.19. The fourth-order valence-electron chi connectivity index (χ4n) is 6.19. The Morgan fingerprint density at radius 1 is 1.09 bits per heavy atom. The molecule has 1 N–H and O–H groups in total. The molecule has 0 aromatic heterocycles. The highest BCUT2D eigenvalue weighted by Crippen LogP contribution is 2.49. The van der Waals surface area contributed by atoms with E-state index in [1.165, 1.54) is 17.7 Å². The maximum absolute atomic E-state index is 13.4. The topological polar surface area (TPSA) is 49.4 Å². The van der Waals surface area contributed by atoms with Crippen LogP contribution in [0.4, 0.5) is 4.39 Å². The van der Waals surface area contributed by atoms with E-state index < -0.39 is 5.41 Å². The molecule has 2 aliphatic heterocycles. The molecule has 1 aliphatic carbocycles. The summed E-state index contributed by atoms with van der Waals surface area (Å²) in [5, 5.41) is 3.07. The van der Waals surface area contributed by atoms with E-state index in [2.05, 4.69) is 29.3 Å². The zero-order chi connectivity index (χ0) is 23.0. The highest BCUT2D eigenvalue weighted by Gasteiger charge is 2.52. The third-order valence-corrected chi connectivity index (χ3v) is 8.16. The highest BCUT2D eigenvalue weighted by atomic mass is 19.1. The Kier molecular flexibility index (Phi) is 6.09. The van der Waals surface area contributed by atoms with Crippen molar-refractivity contribution in [2.45, 2.75) is 44.4 Å². The summed E-state index contributed by atoms with van der Waals surface area (Å²) in [6.07, 6.45) is 3.23. The minimum absolute atomic E-state index is 0.0940. The maximum Gasteiger partial charge on any atom is 0.227 e. The molecule has 2 aromatic rings. The summed E-state index contributed by atoms with van der Waals surface area (Å²) in [7, 11) is 0. The molecule has 1 saturated carbocycles. The lowest BCUT2D eigenvalue weighted by molar-refractivity contribution is -0.130. The summed E-state index contributed by atoms with van der Waals surface area (Å²) >= 11 is 0. The Labute approximate surface area is 195 Å². The van der Waals surface area contributed by atoms with Crippen molar-refractivity contribution in [1.82, 2.24) is 10.2 Å². The van der Waals surface area contributed by atoms with Crippen molar-refractivity contribution in [2.24, 2.45) is 17.3 Å². The van der Waals surface area contributed by atoms with Gasteiger partial charge in [-0.25, -0.2) is 4.39 Å². The molecule has 1 amide bonds. The molecule has 1 spiro atoms. The normalized spacial score (nSPS) is 27.3. The predicted molar refractivity (Wildman–Crippen MR) is 126 cm³/mol. The van der Waals surface area contributed by atoms with Gasteiger partial charge in [0.25, 0.3) is 0 Å². The van der Waals surface area contributed by atoms with Gasteiger partial charge < -0.3 is 10.2 Å². The maximum atomic E-state index is 13.4.